The molecule has 51 heavy (non-hydrogen) atoms. The molecule has 5 aromatic rings. The Bertz CT molecular complexity index is 2090. The summed E-state index contributed by atoms with van der Waals surface area (Å²) in [7, 11) is 0. The maximum absolute atomic E-state index is 14.3. The second kappa shape index (κ2) is 15.2. The van der Waals surface area contributed by atoms with Gasteiger partial charge in [0.25, 0.3) is 0 Å². The van der Waals surface area contributed by atoms with Crippen molar-refractivity contribution in [3.63, 3.8) is 0 Å². The quantitative estimate of drug-likeness (QED) is 0.108. The molecule has 0 spiro atoms. The van der Waals surface area contributed by atoms with Crippen molar-refractivity contribution >= 4 is 51.8 Å². The van der Waals surface area contributed by atoms with Crippen molar-refractivity contribution in [1.29, 1.82) is 0 Å². The molecule has 0 radical (unpaired) electrons. The molecular formula is C39H36N2O10. The maximum atomic E-state index is 14.3. The summed E-state index contributed by atoms with van der Waals surface area (Å²) in [5, 5.41) is 31.2. The molecule has 0 fully saturated rings. The summed E-state index contributed by atoms with van der Waals surface area (Å²) in [5.41, 5.74) is 2.93. The molecule has 6 rings (SSSR count). The van der Waals surface area contributed by atoms with E-state index >= 15 is 0 Å². The van der Waals surface area contributed by atoms with Crippen LogP contribution in [-0.2, 0) is 25.7 Å². The normalized spacial score (nSPS) is 14.7. The van der Waals surface area contributed by atoms with Crippen molar-refractivity contribution in [2.24, 2.45) is 11.8 Å². The lowest BCUT2D eigenvalue weighted by Gasteiger charge is -2.36. The number of fused-ring (bicyclic) bond motifs is 3. The first-order valence-electron chi connectivity index (χ1n) is 16.4. The number of carboxylic acid groups (broad SMARTS) is 3. The number of ether oxygens (including phenoxy) is 2. The number of carboxylic acids is 3. The third-order valence-corrected chi connectivity index (χ3v) is 9.26. The molecule has 0 bridgehead atoms. The molecule has 1 amide bonds. The molecular weight excluding hydrogens is 656 g/mol. The number of oxazole rings is 1. The molecule has 4 aromatic carbocycles. The van der Waals surface area contributed by atoms with Crippen LogP contribution >= 0.6 is 0 Å². The number of allylic oxidation sites excluding steroid dienone is 1. The van der Waals surface area contributed by atoms with Crippen LogP contribution in [-0.4, -0.2) is 61.9 Å². The van der Waals surface area contributed by atoms with Crippen LogP contribution in [0.15, 0.2) is 95.4 Å². The number of aliphatic carboxylic acids is 3. The minimum absolute atomic E-state index is 0.0703. The number of amides is 1. The second-order valence-corrected chi connectivity index (χ2v) is 12.5. The number of aromatic nitrogens is 1. The van der Waals surface area contributed by atoms with Gasteiger partial charge in [-0.3, -0.25) is 19.2 Å². The van der Waals surface area contributed by atoms with Gasteiger partial charge in [-0.25, -0.2) is 4.98 Å². The highest BCUT2D eigenvalue weighted by molar-refractivity contribution is 5.88. The second-order valence-electron chi connectivity index (χ2n) is 12.5. The largest absolute Gasteiger partial charge is 0.481 e. The summed E-state index contributed by atoms with van der Waals surface area (Å²) in [6, 6.07) is 25.8. The van der Waals surface area contributed by atoms with Crippen LogP contribution in [0.1, 0.15) is 49.1 Å². The van der Waals surface area contributed by atoms with Crippen molar-refractivity contribution in [2.75, 3.05) is 6.79 Å². The van der Waals surface area contributed by atoms with Gasteiger partial charge >= 0.3 is 17.9 Å². The van der Waals surface area contributed by atoms with E-state index in [0.717, 1.165) is 21.9 Å². The van der Waals surface area contributed by atoms with E-state index < -0.39 is 54.5 Å². The van der Waals surface area contributed by atoms with Crippen LogP contribution in [0.2, 0.25) is 0 Å². The van der Waals surface area contributed by atoms with E-state index in [1.165, 1.54) is 0 Å². The van der Waals surface area contributed by atoms with Gasteiger partial charge in [-0.15, -0.1) is 0 Å². The van der Waals surface area contributed by atoms with Crippen LogP contribution in [0.25, 0.3) is 27.9 Å². The number of benzene rings is 4. The summed E-state index contributed by atoms with van der Waals surface area (Å²) in [5.74, 6) is -7.72. The van der Waals surface area contributed by atoms with E-state index in [4.69, 9.17) is 13.9 Å². The summed E-state index contributed by atoms with van der Waals surface area (Å²) in [6.07, 6.45) is 2.37. The van der Waals surface area contributed by atoms with Crippen molar-refractivity contribution < 1.29 is 48.4 Å². The molecule has 1 aliphatic heterocycles. The summed E-state index contributed by atoms with van der Waals surface area (Å²) in [4.78, 5) is 56.4. The molecule has 0 saturated heterocycles. The molecule has 4 atom stereocenters. The minimum atomic E-state index is -1.81. The third-order valence-electron chi connectivity index (χ3n) is 9.26. The maximum Gasteiger partial charge on any atom is 0.307 e. The predicted octanol–water partition coefficient (Wildman–Crippen LogP) is 6.58. The highest BCUT2D eigenvalue weighted by Gasteiger charge is 2.39. The van der Waals surface area contributed by atoms with Gasteiger partial charge in [0.15, 0.2) is 17.1 Å². The number of rotatable bonds is 15. The van der Waals surface area contributed by atoms with Crippen LogP contribution in [0.3, 0.4) is 0 Å². The van der Waals surface area contributed by atoms with Gasteiger partial charge in [0.2, 0.25) is 18.6 Å². The smallest absolute Gasteiger partial charge is 0.307 e. The van der Waals surface area contributed by atoms with E-state index in [1.807, 2.05) is 91.9 Å². The molecule has 12 nitrogen and oxygen atoms in total. The predicted molar refractivity (Wildman–Crippen MR) is 186 cm³/mol. The summed E-state index contributed by atoms with van der Waals surface area (Å²) in [6.45, 7) is 1.99. The lowest BCUT2D eigenvalue weighted by atomic mass is 9.84. The van der Waals surface area contributed by atoms with Gasteiger partial charge in [-0.1, -0.05) is 60.7 Å². The fourth-order valence-corrected chi connectivity index (χ4v) is 6.54. The highest BCUT2D eigenvalue weighted by atomic mass is 16.7. The van der Waals surface area contributed by atoms with Crippen molar-refractivity contribution in [3.8, 4) is 11.5 Å². The molecule has 1 aromatic heterocycles. The third kappa shape index (κ3) is 8.01. The first-order valence-corrected chi connectivity index (χ1v) is 16.4. The molecule has 3 N–H and O–H groups in total. The zero-order valence-corrected chi connectivity index (χ0v) is 27.7. The first-order chi connectivity index (χ1) is 24.6. The van der Waals surface area contributed by atoms with E-state index in [1.54, 1.807) is 17.0 Å². The Hall–Kier alpha value is -6.17. The number of nitrogens with zero attached hydrogens (tertiary/aromatic N) is 2. The Morgan fingerprint density at radius 2 is 1.53 bits per heavy atom. The highest BCUT2D eigenvalue weighted by Crippen LogP contribution is 2.38. The fourth-order valence-electron chi connectivity index (χ4n) is 6.54. The van der Waals surface area contributed by atoms with Gasteiger partial charge in [0.05, 0.1) is 18.3 Å². The number of carbonyl (C=O) groups excluding carboxylic acids is 1. The molecule has 0 unspecified atom stereocenters. The lowest BCUT2D eigenvalue weighted by Crippen LogP contribution is -2.44. The summed E-state index contributed by atoms with van der Waals surface area (Å²) >= 11 is 0. The van der Waals surface area contributed by atoms with Crippen molar-refractivity contribution in [3.05, 3.63) is 108 Å². The van der Waals surface area contributed by atoms with Crippen LogP contribution < -0.4 is 9.47 Å². The Morgan fingerprint density at radius 3 is 2.27 bits per heavy atom. The minimum Gasteiger partial charge on any atom is -0.481 e. The van der Waals surface area contributed by atoms with Gasteiger partial charge < -0.3 is 34.1 Å². The zero-order chi connectivity index (χ0) is 36.1. The van der Waals surface area contributed by atoms with Crippen molar-refractivity contribution in [1.82, 2.24) is 9.88 Å². The monoisotopic (exact) mass is 692 g/mol. The molecule has 262 valence electrons. The Balaban J connectivity index is 1.37. The average molecular weight is 693 g/mol. The molecule has 1 aliphatic rings. The van der Waals surface area contributed by atoms with Crippen LogP contribution in [0, 0.1) is 11.8 Å². The zero-order valence-electron chi connectivity index (χ0n) is 27.7. The van der Waals surface area contributed by atoms with Gasteiger partial charge in [0.1, 0.15) is 5.52 Å². The number of hydrogen-bond acceptors (Lipinski definition) is 8. The summed E-state index contributed by atoms with van der Waals surface area (Å²) < 4.78 is 17.1. The Morgan fingerprint density at radius 1 is 0.824 bits per heavy atom. The standard InChI is InChI=1S/C39H36N2O10/c1-23(28(27-15-16-33-34(18-27)50-22-49-33)9-6-12-35-40-31-10-4-5-11-32(31)51-35)41(21-24-13-14-25-7-2-3-8-26(25)17-24)36(42)19-29(38(45)46)30(39(47)48)20-37(43)44/h2-8,10-18,23,28-30H,9,19-22H2,1H3,(H,43,44)(H,45,46)(H,47,48)/t23-,28+,29-,30+/m1/s1. The Kier molecular flexibility index (Phi) is 10.3. The topological polar surface area (TPSA) is 177 Å². The fraction of sp³-hybridized carbons (Fsp3) is 0.256. The molecule has 0 aliphatic carbocycles. The van der Waals surface area contributed by atoms with E-state index in [-0.39, 0.29) is 19.3 Å². The van der Waals surface area contributed by atoms with E-state index in [2.05, 4.69) is 4.98 Å². The number of carbonyl (C=O) groups is 4. The Labute approximate surface area is 292 Å². The molecule has 12 heteroatoms. The average Bonchev–Trinajstić information content (AvgIpc) is 3.76. The van der Waals surface area contributed by atoms with Gasteiger partial charge in [0, 0.05) is 24.9 Å². The SMILES string of the molecule is C[C@H]([C@H](CC=Cc1nc2ccccc2o1)c1ccc2c(c1)OCO2)N(Cc1ccc2ccccc2c1)C(=O)C[C@@H](C(=O)O)[C@H](CC(=O)O)C(=O)O. The lowest BCUT2D eigenvalue weighted by molar-refractivity contribution is -0.159. The van der Waals surface area contributed by atoms with E-state index in [0.29, 0.717) is 34.9 Å². The molecule has 0 saturated carbocycles. The number of para-hydroxylation sites is 2. The van der Waals surface area contributed by atoms with Crippen LogP contribution in [0.5, 0.6) is 11.5 Å². The number of hydrogen-bond donors (Lipinski definition) is 3. The molecule has 2 heterocycles. The van der Waals surface area contributed by atoms with Crippen LogP contribution in [0.4, 0.5) is 0 Å². The van der Waals surface area contributed by atoms with Gasteiger partial charge in [-0.2, -0.15) is 0 Å². The van der Waals surface area contributed by atoms with E-state index in [9.17, 15) is 34.5 Å². The van der Waals surface area contributed by atoms with Gasteiger partial charge in [-0.05, 0) is 71.7 Å². The first kappa shape index (κ1) is 34.7. The van der Waals surface area contributed by atoms with Crippen molar-refractivity contribution in [2.45, 2.75) is 44.7 Å².